The first-order valence-electron chi connectivity index (χ1n) is 10.6. The van der Waals surface area contributed by atoms with Crippen LogP contribution in [0.25, 0.3) is 0 Å². The average molecular weight is 363 g/mol. The van der Waals surface area contributed by atoms with E-state index in [9.17, 15) is 19.8 Å². The zero-order valence-corrected chi connectivity index (χ0v) is 16.4. The monoisotopic (exact) mass is 362 g/mol. The third kappa shape index (κ3) is 2.43. The summed E-state index contributed by atoms with van der Waals surface area (Å²) in [4.78, 5) is 25.1. The van der Waals surface area contributed by atoms with E-state index in [0.717, 1.165) is 44.9 Å². The highest BCUT2D eigenvalue weighted by molar-refractivity contribution is 5.84. The van der Waals surface area contributed by atoms with Gasteiger partial charge in [-0.15, -0.1) is 0 Å². The Bertz CT molecular complexity index is 615. The second kappa shape index (κ2) is 6.05. The van der Waals surface area contributed by atoms with Crippen LogP contribution in [0, 0.1) is 46.3 Å². The van der Waals surface area contributed by atoms with E-state index >= 15 is 0 Å². The first-order chi connectivity index (χ1) is 12.2. The molecule has 4 heteroatoms. The van der Waals surface area contributed by atoms with Gasteiger partial charge in [0, 0.05) is 12.3 Å². The van der Waals surface area contributed by atoms with E-state index in [1.54, 1.807) is 0 Å². The van der Waals surface area contributed by atoms with Gasteiger partial charge in [0.2, 0.25) is 0 Å². The lowest BCUT2D eigenvalue weighted by Crippen LogP contribution is -2.58. The topological polar surface area (TPSA) is 74.6 Å². The van der Waals surface area contributed by atoms with E-state index in [-0.39, 0.29) is 34.7 Å². The second-order valence-corrected chi connectivity index (χ2v) is 10.4. The highest BCUT2D eigenvalue weighted by Crippen LogP contribution is 2.67. The molecule has 4 fully saturated rings. The molecular formula is C22H34O4. The van der Waals surface area contributed by atoms with E-state index in [1.165, 1.54) is 0 Å². The van der Waals surface area contributed by atoms with Crippen molar-refractivity contribution in [3.8, 4) is 0 Å². The predicted molar refractivity (Wildman–Crippen MR) is 98.4 cm³/mol. The highest BCUT2D eigenvalue weighted by atomic mass is 16.4. The summed E-state index contributed by atoms with van der Waals surface area (Å²) in [6, 6.07) is 0. The molecule has 0 saturated heterocycles. The van der Waals surface area contributed by atoms with Gasteiger partial charge in [0.05, 0.1) is 12.0 Å². The Morgan fingerprint density at radius 1 is 1.12 bits per heavy atom. The zero-order chi connectivity index (χ0) is 18.9. The predicted octanol–water partition coefficient (Wildman–Crippen LogP) is 3.91. The maximum absolute atomic E-state index is 13.4. The fraction of sp³-hybridized carbons (Fsp3) is 0.909. The van der Waals surface area contributed by atoms with Crippen LogP contribution in [0.15, 0.2) is 0 Å². The van der Waals surface area contributed by atoms with Crippen LogP contribution in [0.2, 0.25) is 0 Å². The third-order valence-corrected chi connectivity index (χ3v) is 9.39. The summed E-state index contributed by atoms with van der Waals surface area (Å²) < 4.78 is 0. The summed E-state index contributed by atoms with van der Waals surface area (Å²) in [5.41, 5.74) is -0.107. The van der Waals surface area contributed by atoms with Crippen LogP contribution >= 0.6 is 0 Å². The van der Waals surface area contributed by atoms with Gasteiger partial charge in [0.25, 0.3) is 0 Å². The van der Waals surface area contributed by atoms with Crippen LogP contribution in [-0.2, 0) is 9.59 Å². The van der Waals surface area contributed by atoms with Gasteiger partial charge >= 0.3 is 5.97 Å². The molecule has 4 rings (SSSR count). The first kappa shape index (κ1) is 18.5. The fourth-order valence-corrected chi connectivity index (χ4v) is 8.08. The fourth-order valence-electron chi connectivity index (χ4n) is 8.08. The van der Waals surface area contributed by atoms with Gasteiger partial charge in [-0.25, -0.2) is 0 Å². The highest BCUT2D eigenvalue weighted by Gasteiger charge is 2.63. The molecule has 0 heterocycles. The molecule has 0 aromatic carbocycles. The van der Waals surface area contributed by atoms with Crippen LogP contribution in [0.5, 0.6) is 0 Å². The lowest BCUT2D eigenvalue weighted by Gasteiger charge is -2.60. The molecule has 0 aliphatic heterocycles. The average Bonchev–Trinajstić information content (AvgIpc) is 2.90. The normalized spacial score (nSPS) is 51.9. The van der Waals surface area contributed by atoms with Crippen molar-refractivity contribution in [2.75, 3.05) is 0 Å². The number of rotatable bonds is 2. The van der Waals surface area contributed by atoms with Crippen molar-refractivity contribution in [3.63, 3.8) is 0 Å². The molecule has 2 N–H and O–H groups in total. The molecule has 4 aliphatic carbocycles. The number of hydrogen-bond donors (Lipinski definition) is 2. The molecule has 4 nitrogen and oxygen atoms in total. The summed E-state index contributed by atoms with van der Waals surface area (Å²) in [6.07, 6.45) is 7.24. The molecule has 146 valence electrons. The van der Waals surface area contributed by atoms with Gasteiger partial charge in [-0.1, -0.05) is 20.8 Å². The van der Waals surface area contributed by atoms with Crippen LogP contribution in [0.3, 0.4) is 0 Å². The Balaban J connectivity index is 1.65. The maximum atomic E-state index is 13.4. The number of fused-ring (bicyclic) bond motifs is 5. The molecule has 0 aromatic heterocycles. The maximum Gasteiger partial charge on any atom is 0.306 e. The van der Waals surface area contributed by atoms with Gasteiger partial charge in [0.1, 0.15) is 5.78 Å². The van der Waals surface area contributed by atoms with E-state index in [1.807, 2.05) is 6.92 Å². The minimum absolute atomic E-state index is 0.0388. The van der Waals surface area contributed by atoms with Crippen molar-refractivity contribution >= 4 is 11.8 Å². The summed E-state index contributed by atoms with van der Waals surface area (Å²) >= 11 is 0. The molecule has 0 spiro atoms. The lowest BCUT2D eigenvalue weighted by molar-refractivity contribution is -0.165. The number of ketones is 1. The van der Waals surface area contributed by atoms with Crippen molar-refractivity contribution in [2.24, 2.45) is 46.3 Å². The van der Waals surface area contributed by atoms with Gasteiger partial charge in [-0.05, 0) is 79.4 Å². The van der Waals surface area contributed by atoms with E-state index < -0.39 is 5.97 Å². The SMILES string of the molecule is CC(C(=O)O)[C@H]1CC[C@H]2[C@@H]3CCC4CC(O)CC[C@]4(C)[C@H]3C(=O)C[C@]12C. The zero-order valence-electron chi connectivity index (χ0n) is 16.4. The second-order valence-electron chi connectivity index (χ2n) is 10.4. The van der Waals surface area contributed by atoms with Gasteiger partial charge in [-0.3, -0.25) is 9.59 Å². The van der Waals surface area contributed by atoms with Crippen molar-refractivity contribution < 1.29 is 19.8 Å². The van der Waals surface area contributed by atoms with Gasteiger partial charge in [0.15, 0.2) is 0 Å². The molecule has 9 atom stereocenters. The van der Waals surface area contributed by atoms with Crippen molar-refractivity contribution in [1.29, 1.82) is 0 Å². The van der Waals surface area contributed by atoms with E-state index in [2.05, 4.69) is 13.8 Å². The minimum atomic E-state index is -0.719. The number of aliphatic carboxylic acids is 1. The number of hydrogen-bond acceptors (Lipinski definition) is 3. The number of aliphatic hydroxyl groups excluding tert-OH is 1. The quantitative estimate of drug-likeness (QED) is 0.781. The number of Topliss-reactive ketones (excluding diaryl/α,β-unsaturated/α-hetero) is 1. The Hall–Kier alpha value is -0.900. The Morgan fingerprint density at radius 3 is 2.54 bits per heavy atom. The van der Waals surface area contributed by atoms with E-state index in [0.29, 0.717) is 30.0 Å². The summed E-state index contributed by atoms with van der Waals surface area (Å²) in [6.45, 7) is 6.35. The van der Waals surface area contributed by atoms with Crippen LogP contribution in [0.4, 0.5) is 0 Å². The number of carboxylic acids is 1. The molecule has 3 unspecified atom stereocenters. The van der Waals surface area contributed by atoms with Crippen molar-refractivity contribution in [3.05, 3.63) is 0 Å². The molecule has 0 bridgehead atoms. The summed E-state index contributed by atoms with van der Waals surface area (Å²) in [5, 5.41) is 19.7. The largest absolute Gasteiger partial charge is 0.481 e. The smallest absolute Gasteiger partial charge is 0.306 e. The lowest BCUT2D eigenvalue weighted by atomic mass is 9.44. The number of aliphatic hydroxyl groups is 1. The molecule has 0 radical (unpaired) electrons. The summed E-state index contributed by atoms with van der Waals surface area (Å²) in [7, 11) is 0. The first-order valence-corrected chi connectivity index (χ1v) is 10.6. The van der Waals surface area contributed by atoms with Gasteiger partial charge < -0.3 is 10.2 Å². The molecule has 4 aliphatic rings. The minimum Gasteiger partial charge on any atom is -0.481 e. The third-order valence-electron chi connectivity index (χ3n) is 9.39. The number of carboxylic acid groups (broad SMARTS) is 1. The van der Waals surface area contributed by atoms with Crippen LogP contribution in [0.1, 0.15) is 72.1 Å². The Morgan fingerprint density at radius 2 is 1.85 bits per heavy atom. The Labute approximate surface area is 156 Å². The molecule has 0 amide bonds. The molecular weight excluding hydrogens is 328 g/mol. The van der Waals surface area contributed by atoms with Crippen molar-refractivity contribution in [2.45, 2.75) is 78.2 Å². The molecule has 0 aromatic rings. The van der Waals surface area contributed by atoms with Crippen molar-refractivity contribution in [1.82, 2.24) is 0 Å². The Kier molecular flexibility index (Phi) is 4.30. The molecule has 4 saturated carbocycles. The van der Waals surface area contributed by atoms with E-state index in [4.69, 9.17) is 0 Å². The summed E-state index contributed by atoms with van der Waals surface area (Å²) in [5.74, 6) is 0.928. The number of carbonyl (C=O) groups is 2. The standard InChI is InChI=1S/C22H34O4/c1-12(20(25)26)16-6-7-17-15-5-4-13-10-14(23)8-9-21(13,2)19(15)18(24)11-22(16,17)3/h12-17,19,23H,4-11H2,1-3H3,(H,25,26)/t12?,13?,14?,15-,16+,17-,19+,21-,22+/m0/s1. The number of carbonyl (C=O) groups excluding carboxylic acids is 1. The van der Waals surface area contributed by atoms with Gasteiger partial charge in [-0.2, -0.15) is 0 Å². The van der Waals surface area contributed by atoms with Crippen LogP contribution < -0.4 is 0 Å². The van der Waals surface area contributed by atoms with Crippen LogP contribution in [-0.4, -0.2) is 28.1 Å². The molecule has 26 heavy (non-hydrogen) atoms.